The summed E-state index contributed by atoms with van der Waals surface area (Å²) in [5.41, 5.74) is 0. The summed E-state index contributed by atoms with van der Waals surface area (Å²) in [7, 11) is 0. The Kier molecular flexibility index (Phi) is 3.82. The first kappa shape index (κ1) is 11.9. The number of nitrogens with one attached hydrogen (secondary N) is 1. The molecule has 0 spiro atoms. The average Bonchev–Trinajstić information content (AvgIpc) is 3.06. The van der Waals surface area contributed by atoms with Crippen LogP contribution in [-0.4, -0.2) is 49.2 Å². The Hall–Kier alpha value is -0.610. The lowest BCUT2D eigenvalue weighted by Crippen LogP contribution is -2.53. The van der Waals surface area contributed by atoms with Gasteiger partial charge in [0.1, 0.15) is 0 Å². The molecule has 2 fully saturated rings. The van der Waals surface area contributed by atoms with Crippen LogP contribution in [0.4, 0.5) is 0 Å². The van der Waals surface area contributed by atoms with Crippen LogP contribution in [0, 0.1) is 5.92 Å². The Morgan fingerprint density at radius 3 is 2.88 bits per heavy atom. The normalized spacial score (nSPS) is 30.5. The molecule has 2 unspecified atom stereocenters. The minimum atomic E-state index is 0.154. The lowest BCUT2D eigenvalue weighted by atomic mass is 10.1. The SMILES string of the molecule is CC1OCCN(C(=O)CNCC2CC2)C1C. The number of carbonyl (C=O) groups is 1. The number of ether oxygens (including phenoxy) is 1. The van der Waals surface area contributed by atoms with Gasteiger partial charge in [0.05, 0.1) is 25.3 Å². The van der Waals surface area contributed by atoms with E-state index in [9.17, 15) is 4.79 Å². The zero-order chi connectivity index (χ0) is 11.5. The fraction of sp³-hybridized carbons (Fsp3) is 0.917. The van der Waals surface area contributed by atoms with Gasteiger partial charge in [0.25, 0.3) is 0 Å². The quantitative estimate of drug-likeness (QED) is 0.764. The maximum Gasteiger partial charge on any atom is 0.236 e. The molecule has 1 saturated carbocycles. The summed E-state index contributed by atoms with van der Waals surface area (Å²) in [6.45, 7) is 6.97. The van der Waals surface area contributed by atoms with E-state index in [-0.39, 0.29) is 18.1 Å². The molecule has 2 aliphatic rings. The van der Waals surface area contributed by atoms with Crippen LogP contribution in [0.2, 0.25) is 0 Å². The van der Waals surface area contributed by atoms with Gasteiger partial charge in [-0.15, -0.1) is 0 Å². The minimum Gasteiger partial charge on any atom is -0.375 e. The predicted octanol–water partition coefficient (Wildman–Crippen LogP) is 0.622. The Bertz CT molecular complexity index is 253. The topological polar surface area (TPSA) is 41.6 Å². The highest BCUT2D eigenvalue weighted by Gasteiger charge is 2.29. The smallest absolute Gasteiger partial charge is 0.236 e. The molecular formula is C12H22N2O2. The lowest BCUT2D eigenvalue weighted by Gasteiger charge is -2.37. The highest BCUT2D eigenvalue weighted by Crippen LogP contribution is 2.27. The van der Waals surface area contributed by atoms with Crippen LogP contribution < -0.4 is 5.32 Å². The third kappa shape index (κ3) is 2.95. The van der Waals surface area contributed by atoms with Crippen LogP contribution in [0.25, 0.3) is 0 Å². The molecule has 2 atom stereocenters. The molecule has 92 valence electrons. The van der Waals surface area contributed by atoms with Crippen LogP contribution in [0.15, 0.2) is 0 Å². The molecule has 4 heteroatoms. The average molecular weight is 226 g/mol. The highest BCUT2D eigenvalue weighted by atomic mass is 16.5. The van der Waals surface area contributed by atoms with E-state index in [0.717, 1.165) is 19.0 Å². The van der Waals surface area contributed by atoms with Gasteiger partial charge in [0.15, 0.2) is 0 Å². The maximum atomic E-state index is 12.0. The fourth-order valence-electron chi connectivity index (χ4n) is 2.09. The van der Waals surface area contributed by atoms with Crippen molar-refractivity contribution in [2.24, 2.45) is 5.92 Å². The molecule has 2 rings (SSSR count). The number of nitrogens with zero attached hydrogens (tertiary/aromatic N) is 1. The summed E-state index contributed by atoms with van der Waals surface area (Å²) in [5.74, 6) is 1.04. The third-order valence-corrected chi connectivity index (χ3v) is 3.61. The Morgan fingerprint density at radius 1 is 1.44 bits per heavy atom. The van der Waals surface area contributed by atoms with Crippen LogP contribution in [0.3, 0.4) is 0 Å². The molecular weight excluding hydrogens is 204 g/mol. The van der Waals surface area contributed by atoms with Gasteiger partial charge < -0.3 is 15.0 Å². The second kappa shape index (κ2) is 5.15. The second-order valence-electron chi connectivity index (χ2n) is 4.98. The summed E-state index contributed by atoms with van der Waals surface area (Å²) < 4.78 is 5.51. The summed E-state index contributed by atoms with van der Waals surface area (Å²) in [4.78, 5) is 13.9. The first-order valence-electron chi connectivity index (χ1n) is 6.30. The number of amides is 1. The molecule has 1 heterocycles. The third-order valence-electron chi connectivity index (χ3n) is 3.61. The van der Waals surface area contributed by atoms with Crippen molar-refractivity contribution < 1.29 is 9.53 Å². The van der Waals surface area contributed by atoms with E-state index in [1.807, 2.05) is 11.8 Å². The molecule has 1 aliphatic carbocycles. The zero-order valence-electron chi connectivity index (χ0n) is 10.2. The van der Waals surface area contributed by atoms with Crippen LogP contribution in [0.5, 0.6) is 0 Å². The second-order valence-corrected chi connectivity index (χ2v) is 4.98. The first-order valence-corrected chi connectivity index (χ1v) is 6.30. The lowest BCUT2D eigenvalue weighted by molar-refractivity contribution is -0.142. The number of rotatable bonds is 4. The molecule has 1 amide bonds. The van der Waals surface area contributed by atoms with Gasteiger partial charge in [-0.25, -0.2) is 0 Å². The van der Waals surface area contributed by atoms with E-state index in [1.54, 1.807) is 0 Å². The van der Waals surface area contributed by atoms with E-state index in [4.69, 9.17) is 4.74 Å². The van der Waals surface area contributed by atoms with Crippen molar-refractivity contribution in [1.29, 1.82) is 0 Å². The van der Waals surface area contributed by atoms with Gasteiger partial charge in [-0.2, -0.15) is 0 Å². The number of carbonyl (C=O) groups excluding carboxylic acids is 1. The summed E-state index contributed by atoms with van der Waals surface area (Å²) in [5, 5.41) is 3.25. The van der Waals surface area contributed by atoms with Gasteiger partial charge in [-0.05, 0) is 39.2 Å². The van der Waals surface area contributed by atoms with Crippen molar-refractivity contribution in [3.8, 4) is 0 Å². The molecule has 0 bridgehead atoms. The molecule has 0 aromatic heterocycles. The molecule has 1 saturated heterocycles. The monoisotopic (exact) mass is 226 g/mol. The number of hydrogen-bond acceptors (Lipinski definition) is 3. The van der Waals surface area contributed by atoms with Crippen LogP contribution in [-0.2, 0) is 9.53 Å². The fourth-order valence-corrected chi connectivity index (χ4v) is 2.09. The molecule has 1 aliphatic heterocycles. The van der Waals surface area contributed by atoms with Crippen LogP contribution >= 0.6 is 0 Å². The molecule has 16 heavy (non-hydrogen) atoms. The molecule has 1 N–H and O–H groups in total. The van der Waals surface area contributed by atoms with E-state index in [2.05, 4.69) is 12.2 Å². The molecule has 0 aromatic carbocycles. The maximum absolute atomic E-state index is 12.0. The van der Waals surface area contributed by atoms with E-state index < -0.39 is 0 Å². The van der Waals surface area contributed by atoms with E-state index in [1.165, 1.54) is 12.8 Å². The zero-order valence-corrected chi connectivity index (χ0v) is 10.2. The Labute approximate surface area is 97.3 Å². The largest absolute Gasteiger partial charge is 0.375 e. The molecule has 0 aromatic rings. The number of morpholine rings is 1. The van der Waals surface area contributed by atoms with Gasteiger partial charge >= 0.3 is 0 Å². The molecule has 0 radical (unpaired) electrons. The Morgan fingerprint density at radius 2 is 2.19 bits per heavy atom. The van der Waals surface area contributed by atoms with Gasteiger partial charge in [-0.3, -0.25) is 4.79 Å². The number of hydrogen-bond donors (Lipinski definition) is 1. The van der Waals surface area contributed by atoms with Crippen molar-refractivity contribution >= 4 is 5.91 Å². The van der Waals surface area contributed by atoms with E-state index in [0.29, 0.717) is 13.2 Å². The van der Waals surface area contributed by atoms with Crippen molar-refractivity contribution in [3.05, 3.63) is 0 Å². The van der Waals surface area contributed by atoms with Crippen molar-refractivity contribution in [2.75, 3.05) is 26.2 Å². The summed E-state index contributed by atoms with van der Waals surface area (Å²) in [6, 6.07) is 0.198. The van der Waals surface area contributed by atoms with Crippen LogP contribution in [0.1, 0.15) is 26.7 Å². The van der Waals surface area contributed by atoms with Gasteiger partial charge in [-0.1, -0.05) is 0 Å². The highest BCUT2D eigenvalue weighted by molar-refractivity contribution is 5.78. The van der Waals surface area contributed by atoms with Crippen molar-refractivity contribution in [2.45, 2.75) is 38.8 Å². The van der Waals surface area contributed by atoms with Gasteiger partial charge in [0.2, 0.25) is 5.91 Å². The van der Waals surface area contributed by atoms with Crippen molar-refractivity contribution in [1.82, 2.24) is 10.2 Å². The van der Waals surface area contributed by atoms with Gasteiger partial charge in [0, 0.05) is 6.54 Å². The standard InChI is InChI=1S/C12H22N2O2/c1-9-10(2)16-6-5-14(9)12(15)8-13-7-11-3-4-11/h9-11,13H,3-8H2,1-2H3. The predicted molar refractivity (Wildman–Crippen MR) is 62.2 cm³/mol. The Balaban J connectivity index is 1.73. The summed E-state index contributed by atoms with van der Waals surface area (Å²) in [6.07, 6.45) is 2.80. The minimum absolute atomic E-state index is 0.154. The van der Waals surface area contributed by atoms with E-state index >= 15 is 0 Å². The molecule has 4 nitrogen and oxygen atoms in total. The van der Waals surface area contributed by atoms with Crippen molar-refractivity contribution in [3.63, 3.8) is 0 Å². The summed E-state index contributed by atoms with van der Waals surface area (Å²) >= 11 is 0. The first-order chi connectivity index (χ1) is 7.68.